The lowest BCUT2D eigenvalue weighted by Gasteiger charge is -2.50. The van der Waals surface area contributed by atoms with Gasteiger partial charge in [0.1, 0.15) is 11.5 Å². The Morgan fingerprint density at radius 2 is 1.75 bits per heavy atom. The van der Waals surface area contributed by atoms with Crippen LogP contribution in [0.4, 0.5) is 19.0 Å². The Kier molecular flexibility index (Phi) is 8.57. The first-order chi connectivity index (χ1) is 24.2. The summed E-state index contributed by atoms with van der Waals surface area (Å²) in [4.78, 5) is 62.5. The molecule has 0 spiro atoms. The summed E-state index contributed by atoms with van der Waals surface area (Å²) >= 11 is 12.5. The third kappa shape index (κ3) is 5.26. The number of aromatic nitrogens is 1. The maximum absolute atomic E-state index is 15.2. The van der Waals surface area contributed by atoms with E-state index in [2.05, 4.69) is 10.4 Å². The lowest BCUT2D eigenvalue weighted by Crippen LogP contribution is -2.53. The van der Waals surface area contributed by atoms with Crippen molar-refractivity contribution in [3.63, 3.8) is 0 Å². The SMILES string of the molecule is CCCN1C(=O)C2CC=C3C(CC4C(=O)N(Nc5ncc(C(F)(F)F)cc5Cl)C(=O)C4(c4ccc(Cl)cc4)C3c3ccc(O)cc3OC)C2C1=O. The number of anilines is 1. The van der Waals surface area contributed by atoms with E-state index in [9.17, 15) is 32.7 Å². The third-order valence-corrected chi connectivity index (χ3v) is 11.2. The predicted octanol–water partition coefficient (Wildman–Crippen LogP) is 6.52. The van der Waals surface area contributed by atoms with Gasteiger partial charge in [0, 0.05) is 35.3 Å². The van der Waals surface area contributed by atoms with Crippen molar-refractivity contribution in [1.29, 1.82) is 0 Å². The highest BCUT2D eigenvalue weighted by Gasteiger charge is 2.70. The van der Waals surface area contributed by atoms with E-state index >= 15 is 4.79 Å². The monoisotopic (exact) mass is 742 g/mol. The number of phenols is 1. The van der Waals surface area contributed by atoms with Gasteiger partial charge < -0.3 is 9.84 Å². The number of rotatable bonds is 7. The number of nitrogens with one attached hydrogen (secondary N) is 1. The van der Waals surface area contributed by atoms with Gasteiger partial charge in [-0.15, -0.1) is 0 Å². The second kappa shape index (κ2) is 12.6. The van der Waals surface area contributed by atoms with E-state index in [0.29, 0.717) is 40.4 Å². The number of amides is 4. The molecule has 2 aliphatic carbocycles. The van der Waals surface area contributed by atoms with Crippen LogP contribution in [0.15, 0.2) is 66.4 Å². The average molecular weight is 744 g/mol. The van der Waals surface area contributed by atoms with Gasteiger partial charge in [-0.3, -0.25) is 29.5 Å². The van der Waals surface area contributed by atoms with Crippen molar-refractivity contribution < 1.29 is 42.2 Å². The van der Waals surface area contributed by atoms with Crippen molar-refractivity contribution in [2.45, 2.75) is 43.7 Å². The van der Waals surface area contributed by atoms with Gasteiger partial charge in [-0.05, 0) is 55.0 Å². The number of imide groups is 2. The van der Waals surface area contributed by atoms with Gasteiger partial charge in [0.05, 0.1) is 40.9 Å². The van der Waals surface area contributed by atoms with Crippen LogP contribution in [0.3, 0.4) is 0 Å². The number of likely N-dealkylation sites (tertiary alicyclic amines) is 1. The first-order valence-electron chi connectivity index (χ1n) is 16.3. The fourth-order valence-electron chi connectivity index (χ4n) is 8.57. The van der Waals surface area contributed by atoms with Crippen LogP contribution >= 0.6 is 23.2 Å². The zero-order chi connectivity index (χ0) is 36.6. The Morgan fingerprint density at radius 1 is 1.02 bits per heavy atom. The van der Waals surface area contributed by atoms with Crippen LogP contribution < -0.4 is 10.2 Å². The third-order valence-electron chi connectivity index (χ3n) is 10.6. The molecule has 2 N–H and O–H groups in total. The smallest absolute Gasteiger partial charge is 0.417 e. The highest BCUT2D eigenvalue weighted by atomic mass is 35.5. The van der Waals surface area contributed by atoms with Crippen molar-refractivity contribution >= 4 is 52.6 Å². The minimum absolute atomic E-state index is 0.0115. The molecule has 2 aromatic carbocycles. The zero-order valence-electron chi connectivity index (χ0n) is 27.2. The van der Waals surface area contributed by atoms with E-state index in [0.717, 1.165) is 5.01 Å². The summed E-state index contributed by atoms with van der Waals surface area (Å²) in [7, 11) is 1.39. The zero-order valence-corrected chi connectivity index (χ0v) is 28.7. The highest BCUT2D eigenvalue weighted by Crippen LogP contribution is 2.65. The topological polar surface area (TPSA) is 129 Å². The highest BCUT2D eigenvalue weighted by molar-refractivity contribution is 6.33. The molecule has 3 fully saturated rings. The molecule has 6 atom stereocenters. The Labute approximate surface area is 300 Å². The minimum atomic E-state index is -4.74. The number of benzene rings is 2. The Hall–Kier alpha value is -4.62. The number of hydrogen-bond donors (Lipinski definition) is 2. The molecule has 6 unspecified atom stereocenters. The van der Waals surface area contributed by atoms with Crippen molar-refractivity contribution in [2.24, 2.45) is 23.7 Å². The van der Waals surface area contributed by atoms with Crippen molar-refractivity contribution in [2.75, 3.05) is 19.1 Å². The normalized spacial score (nSPS) is 27.3. The van der Waals surface area contributed by atoms with Gasteiger partial charge >= 0.3 is 6.18 Å². The molecule has 2 saturated heterocycles. The first-order valence-corrected chi connectivity index (χ1v) is 17.0. The van der Waals surface area contributed by atoms with E-state index in [1.165, 1.54) is 24.1 Å². The van der Waals surface area contributed by atoms with Gasteiger partial charge in [-0.1, -0.05) is 60.0 Å². The number of alkyl halides is 3. The number of pyridine rings is 1. The number of fused-ring (bicyclic) bond motifs is 4. The number of nitrogens with zero attached hydrogens (tertiary/aromatic N) is 3. The van der Waals surface area contributed by atoms with Gasteiger partial charge in [0.15, 0.2) is 5.82 Å². The number of methoxy groups -OCH3 is 1. The molecule has 7 rings (SSSR count). The van der Waals surface area contributed by atoms with Gasteiger partial charge in [-0.2, -0.15) is 18.2 Å². The van der Waals surface area contributed by atoms with Crippen molar-refractivity contribution in [1.82, 2.24) is 14.9 Å². The van der Waals surface area contributed by atoms with Crippen LogP contribution in [0.2, 0.25) is 10.0 Å². The largest absolute Gasteiger partial charge is 0.508 e. The number of ether oxygens (including phenoxy) is 1. The lowest BCUT2D eigenvalue weighted by atomic mass is 9.49. The summed E-state index contributed by atoms with van der Waals surface area (Å²) < 4.78 is 46.0. The molecular formula is C36H31Cl2F3N4O6. The molecule has 1 aromatic heterocycles. The molecule has 3 aromatic rings. The summed E-state index contributed by atoms with van der Waals surface area (Å²) in [5.74, 6) is -6.66. The van der Waals surface area contributed by atoms with Crippen LogP contribution in [0.1, 0.15) is 48.8 Å². The fraction of sp³-hybridized carbons (Fsp3) is 0.361. The number of hydrazine groups is 1. The summed E-state index contributed by atoms with van der Waals surface area (Å²) in [6.45, 7) is 2.11. The lowest BCUT2D eigenvalue weighted by molar-refractivity contribution is -0.141. The van der Waals surface area contributed by atoms with Gasteiger partial charge in [-0.25, -0.2) is 4.98 Å². The number of carbonyl (C=O) groups is 4. The fourth-order valence-corrected chi connectivity index (χ4v) is 8.91. The van der Waals surface area contributed by atoms with Crippen LogP contribution in [0.5, 0.6) is 11.5 Å². The predicted molar refractivity (Wildman–Crippen MR) is 179 cm³/mol. The summed E-state index contributed by atoms with van der Waals surface area (Å²) in [6.07, 6.45) is -1.57. The van der Waals surface area contributed by atoms with Crippen LogP contribution in [-0.4, -0.2) is 57.3 Å². The average Bonchev–Trinajstić information content (AvgIpc) is 3.46. The molecule has 51 heavy (non-hydrogen) atoms. The van der Waals surface area contributed by atoms with E-state index in [1.54, 1.807) is 30.3 Å². The molecule has 2 aliphatic heterocycles. The number of halogens is 5. The number of carbonyl (C=O) groups excluding carboxylic acids is 4. The first kappa shape index (κ1) is 34.8. The molecule has 4 aliphatic rings. The van der Waals surface area contributed by atoms with Crippen LogP contribution in [0, 0.1) is 23.7 Å². The Bertz CT molecular complexity index is 2010. The quantitative estimate of drug-likeness (QED) is 0.207. The minimum Gasteiger partial charge on any atom is -0.508 e. The molecule has 1 saturated carbocycles. The number of allylic oxidation sites excluding steroid dienone is 2. The van der Waals surface area contributed by atoms with Crippen LogP contribution in [-0.2, 0) is 30.8 Å². The molecule has 266 valence electrons. The molecule has 4 amide bonds. The molecule has 15 heteroatoms. The van der Waals surface area contributed by atoms with Gasteiger partial charge in [0.25, 0.3) is 11.8 Å². The standard InChI is InChI=1S/C36H31Cl2F3N4O6/c1-3-12-44-31(47)23-11-10-21-24(28(23)33(44)49)15-25-32(48)45(43-30-26(38)13-18(16-42-30)36(39,40)41)34(50)35(25,17-4-6-19(37)7-5-17)29(21)22-9-8-20(46)14-27(22)51-2/h4-10,13-14,16,23-25,28-29,46H,3,11-12,15H2,1-2H3,(H,42,43). The molecule has 0 bridgehead atoms. The Morgan fingerprint density at radius 3 is 2.39 bits per heavy atom. The van der Waals surface area contributed by atoms with Crippen molar-refractivity contribution in [3.8, 4) is 11.5 Å². The van der Waals surface area contributed by atoms with E-state index in [4.69, 9.17) is 27.9 Å². The Balaban J connectivity index is 1.45. The molecule has 0 radical (unpaired) electrons. The number of phenolic OH excluding ortho intramolecular Hbond substituents is 1. The summed E-state index contributed by atoms with van der Waals surface area (Å²) in [5.41, 5.74) is 1.23. The van der Waals surface area contributed by atoms with Crippen molar-refractivity contribution in [3.05, 3.63) is 93.1 Å². The maximum atomic E-state index is 15.2. The number of hydrogen-bond acceptors (Lipinski definition) is 8. The van der Waals surface area contributed by atoms with Crippen LogP contribution in [0.25, 0.3) is 0 Å². The maximum Gasteiger partial charge on any atom is 0.417 e. The molecule has 10 nitrogen and oxygen atoms in total. The van der Waals surface area contributed by atoms with E-state index in [1.807, 2.05) is 13.0 Å². The summed E-state index contributed by atoms with van der Waals surface area (Å²) in [5, 5.41) is 11.0. The molecular weight excluding hydrogens is 712 g/mol. The van der Waals surface area contributed by atoms with E-state index in [-0.39, 0.29) is 48.5 Å². The summed E-state index contributed by atoms with van der Waals surface area (Å²) in [6, 6.07) is 11.5. The number of aromatic hydroxyl groups is 1. The second-order valence-corrected chi connectivity index (χ2v) is 14.0. The molecule has 3 heterocycles. The van der Waals surface area contributed by atoms with Gasteiger partial charge in [0.2, 0.25) is 11.8 Å². The van der Waals surface area contributed by atoms with E-state index < -0.39 is 63.6 Å². The second-order valence-electron chi connectivity index (χ2n) is 13.2.